The molecular formula is C13H21NO. The first-order chi connectivity index (χ1) is 7.10. The third kappa shape index (κ3) is 2.80. The molecule has 0 spiro atoms. The number of hydrogen-bond acceptors (Lipinski definition) is 2. The second kappa shape index (κ2) is 5.29. The maximum absolute atomic E-state index is 9.00. The molecule has 0 aliphatic carbocycles. The molecule has 0 saturated heterocycles. The van der Waals surface area contributed by atoms with Crippen LogP contribution in [0.2, 0.25) is 0 Å². The molecule has 0 heterocycles. The average Bonchev–Trinajstić information content (AvgIpc) is 2.20. The highest BCUT2D eigenvalue weighted by molar-refractivity contribution is 5.38. The van der Waals surface area contributed by atoms with E-state index >= 15 is 0 Å². The van der Waals surface area contributed by atoms with Gasteiger partial charge in [-0.1, -0.05) is 12.1 Å². The maximum Gasteiger partial charge on any atom is 0.0449 e. The van der Waals surface area contributed by atoms with E-state index in [4.69, 9.17) is 5.11 Å². The van der Waals surface area contributed by atoms with Gasteiger partial charge in [-0.2, -0.15) is 0 Å². The minimum absolute atomic E-state index is 0.220. The van der Waals surface area contributed by atoms with E-state index in [1.54, 1.807) is 0 Å². The van der Waals surface area contributed by atoms with Gasteiger partial charge in [0.1, 0.15) is 0 Å². The molecule has 1 rings (SSSR count). The van der Waals surface area contributed by atoms with Crippen LogP contribution in [0.25, 0.3) is 0 Å². The molecule has 0 saturated carbocycles. The molecule has 2 heteroatoms. The highest BCUT2D eigenvalue weighted by Crippen LogP contribution is 2.23. The first-order valence-corrected chi connectivity index (χ1v) is 5.46. The molecule has 84 valence electrons. The molecule has 15 heavy (non-hydrogen) atoms. The number of aryl methyl sites for hydroxylation is 3. The summed E-state index contributed by atoms with van der Waals surface area (Å²) >= 11 is 0. The van der Waals surface area contributed by atoms with Crippen LogP contribution in [0, 0.1) is 20.8 Å². The van der Waals surface area contributed by atoms with Gasteiger partial charge in [0, 0.05) is 12.6 Å². The summed E-state index contributed by atoms with van der Waals surface area (Å²) < 4.78 is 0. The maximum atomic E-state index is 9.00. The fourth-order valence-electron chi connectivity index (χ4n) is 1.94. The van der Waals surface area contributed by atoms with E-state index in [9.17, 15) is 0 Å². The van der Waals surface area contributed by atoms with Crippen LogP contribution in [-0.2, 0) is 0 Å². The van der Waals surface area contributed by atoms with Gasteiger partial charge < -0.3 is 10.4 Å². The fraction of sp³-hybridized carbons (Fsp3) is 0.538. The second-order valence-corrected chi connectivity index (χ2v) is 4.15. The summed E-state index contributed by atoms with van der Waals surface area (Å²) in [5, 5.41) is 12.3. The van der Waals surface area contributed by atoms with Gasteiger partial charge in [0.25, 0.3) is 0 Å². The molecule has 0 amide bonds. The van der Waals surface area contributed by atoms with Crippen molar-refractivity contribution in [3.8, 4) is 0 Å². The zero-order valence-corrected chi connectivity index (χ0v) is 10.1. The van der Waals surface area contributed by atoms with Crippen LogP contribution in [-0.4, -0.2) is 18.8 Å². The van der Waals surface area contributed by atoms with Crippen LogP contribution in [0.4, 0.5) is 0 Å². The van der Waals surface area contributed by atoms with Crippen molar-refractivity contribution in [3.63, 3.8) is 0 Å². The summed E-state index contributed by atoms with van der Waals surface area (Å²) in [6.45, 7) is 6.61. The zero-order valence-electron chi connectivity index (χ0n) is 10.1. The van der Waals surface area contributed by atoms with Crippen LogP contribution in [0.15, 0.2) is 12.1 Å². The summed E-state index contributed by atoms with van der Waals surface area (Å²) in [4.78, 5) is 0. The van der Waals surface area contributed by atoms with Crippen molar-refractivity contribution in [2.45, 2.75) is 33.2 Å². The monoisotopic (exact) mass is 207 g/mol. The molecule has 0 radical (unpaired) electrons. The van der Waals surface area contributed by atoms with Gasteiger partial charge in [-0.15, -0.1) is 0 Å². The smallest absolute Gasteiger partial charge is 0.0449 e. The van der Waals surface area contributed by atoms with Crippen LogP contribution in [0.5, 0.6) is 0 Å². The number of hydrogen-bond donors (Lipinski definition) is 2. The minimum atomic E-state index is 0.220. The molecule has 1 aromatic rings. The standard InChI is InChI=1S/C13H21NO/c1-9-7-11(3)12(8-10(9)2)13(14-4)5-6-15/h7-8,13-15H,5-6H2,1-4H3. The summed E-state index contributed by atoms with van der Waals surface area (Å²) in [6, 6.07) is 4.70. The molecule has 2 nitrogen and oxygen atoms in total. The predicted molar refractivity (Wildman–Crippen MR) is 64.2 cm³/mol. The van der Waals surface area contributed by atoms with E-state index in [2.05, 4.69) is 38.2 Å². The van der Waals surface area contributed by atoms with Crippen molar-refractivity contribution in [1.29, 1.82) is 0 Å². The Morgan fingerprint density at radius 2 is 1.73 bits per heavy atom. The van der Waals surface area contributed by atoms with E-state index in [0.29, 0.717) is 0 Å². The summed E-state index contributed by atoms with van der Waals surface area (Å²) in [6.07, 6.45) is 0.764. The number of aliphatic hydroxyl groups excluding tert-OH is 1. The second-order valence-electron chi connectivity index (χ2n) is 4.15. The quantitative estimate of drug-likeness (QED) is 0.793. The SMILES string of the molecule is CNC(CCO)c1cc(C)c(C)cc1C. The van der Waals surface area contributed by atoms with Crippen LogP contribution >= 0.6 is 0 Å². The van der Waals surface area contributed by atoms with Gasteiger partial charge in [0.2, 0.25) is 0 Å². The zero-order chi connectivity index (χ0) is 11.4. The lowest BCUT2D eigenvalue weighted by Crippen LogP contribution is -2.19. The summed E-state index contributed by atoms with van der Waals surface area (Å²) in [5.74, 6) is 0. The fourth-order valence-corrected chi connectivity index (χ4v) is 1.94. The molecule has 0 aromatic heterocycles. The largest absolute Gasteiger partial charge is 0.396 e. The van der Waals surface area contributed by atoms with Gasteiger partial charge in [0.15, 0.2) is 0 Å². The first kappa shape index (κ1) is 12.2. The van der Waals surface area contributed by atoms with Crippen molar-refractivity contribution in [2.24, 2.45) is 0 Å². The Labute approximate surface area is 92.3 Å². The van der Waals surface area contributed by atoms with E-state index in [-0.39, 0.29) is 12.6 Å². The van der Waals surface area contributed by atoms with E-state index in [1.807, 2.05) is 7.05 Å². The van der Waals surface area contributed by atoms with Gasteiger partial charge in [0.05, 0.1) is 0 Å². The third-order valence-corrected chi connectivity index (χ3v) is 3.02. The van der Waals surface area contributed by atoms with Gasteiger partial charge in [-0.05, 0) is 56.5 Å². The van der Waals surface area contributed by atoms with Crippen molar-refractivity contribution in [1.82, 2.24) is 5.32 Å². The average molecular weight is 207 g/mol. The van der Waals surface area contributed by atoms with Crippen LogP contribution in [0.3, 0.4) is 0 Å². The number of rotatable bonds is 4. The number of nitrogens with one attached hydrogen (secondary N) is 1. The highest BCUT2D eigenvalue weighted by atomic mass is 16.3. The molecular weight excluding hydrogens is 186 g/mol. The molecule has 2 N–H and O–H groups in total. The van der Waals surface area contributed by atoms with Crippen molar-refractivity contribution < 1.29 is 5.11 Å². The Bertz CT molecular complexity index is 334. The summed E-state index contributed by atoms with van der Waals surface area (Å²) in [7, 11) is 1.94. The molecule has 0 aliphatic rings. The Morgan fingerprint density at radius 1 is 1.13 bits per heavy atom. The molecule has 1 atom stereocenters. The first-order valence-electron chi connectivity index (χ1n) is 5.46. The Hall–Kier alpha value is -0.860. The molecule has 0 aliphatic heterocycles. The lowest BCUT2D eigenvalue weighted by atomic mass is 9.94. The van der Waals surface area contributed by atoms with Crippen LogP contribution in [0.1, 0.15) is 34.7 Å². The Morgan fingerprint density at radius 3 is 2.27 bits per heavy atom. The third-order valence-electron chi connectivity index (χ3n) is 3.02. The molecule has 0 bridgehead atoms. The van der Waals surface area contributed by atoms with E-state index < -0.39 is 0 Å². The summed E-state index contributed by atoms with van der Waals surface area (Å²) in [5.41, 5.74) is 5.24. The van der Waals surface area contributed by atoms with Crippen molar-refractivity contribution in [3.05, 3.63) is 34.4 Å². The topological polar surface area (TPSA) is 32.3 Å². The highest BCUT2D eigenvalue weighted by Gasteiger charge is 2.12. The lowest BCUT2D eigenvalue weighted by Gasteiger charge is -2.19. The normalized spacial score (nSPS) is 12.9. The van der Waals surface area contributed by atoms with E-state index in [0.717, 1.165) is 6.42 Å². The van der Waals surface area contributed by atoms with Gasteiger partial charge in [-0.3, -0.25) is 0 Å². The van der Waals surface area contributed by atoms with E-state index in [1.165, 1.54) is 22.3 Å². The lowest BCUT2D eigenvalue weighted by molar-refractivity contribution is 0.268. The van der Waals surface area contributed by atoms with Crippen molar-refractivity contribution >= 4 is 0 Å². The Balaban J connectivity index is 3.06. The minimum Gasteiger partial charge on any atom is -0.396 e. The molecule has 1 aromatic carbocycles. The number of benzene rings is 1. The molecule has 0 fully saturated rings. The number of aliphatic hydroxyl groups is 1. The van der Waals surface area contributed by atoms with Crippen molar-refractivity contribution in [2.75, 3.05) is 13.7 Å². The molecule has 1 unspecified atom stereocenters. The van der Waals surface area contributed by atoms with Gasteiger partial charge >= 0.3 is 0 Å². The Kier molecular flexibility index (Phi) is 4.30. The van der Waals surface area contributed by atoms with Gasteiger partial charge in [-0.25, -0.2) is 0 Å². The van der Waals surface area contributed by atoms with Crippen LogP contribution < -0.4 is 5.32 Å². The predicted octanol–water partition coefficient (Wildman–Crippen LogP) is 2.25.